The highest BCUT2D eigenvalue weighted by Crippen LogP contribution is 2.39. The molecule has 0 amide bonds. The summed E-state index contributed by atoms with van der Waals surface area (Å²) in [5.74, 6) is 1.81. The third kappa shape index (κ3) is 2.57. The van der Waals surface area contributed by atoms with E-state index in [0.717, 1.165) is 37.7 Å². The maximum Gasteiger partial charge on any atom is 0.231 e. The predicted octanol–water partition coefficient (Wildman–Crippen LogP) is 1.59. The van der Waals surface area contributed by atoms with Crippen LogP contribution in [0.4, 0.5) is 0 Å². The fourth-order valence-corrected chi connectivity index (χ4v) is 3.86. The molecule has 0 aliphatic carbocycles. The van der Waals surface area contributed by atoms with Crippen molar-refractivity contribution in [2.45, 2.75) is 25.9 Å². The average molecular weight is 303 g/mol. The highest BCUT2D eigenvalue weighted by molar-refractivity contribution is 5.50. The molecule has 1 atom stereocenters. The van der Waals surface area contributed by atoms with Crippen molar-refractivity contribution in [1.82, 2.24) is 15.1 Å². The van der Waals surface area contributed by atoms with Crippen molar-refractivity contribution in [3.05, 3.63) is 23.3 Å². The molecule has 1 aromatic rings. The van der Waals surface area contributed by atoms with E-state index in [-0.39, 0.29) is 0 Å². The maximum atomic E-state index is 5.58. The van der Waals surface area contributed by atoms with Gasteiger partial charge in [-0.15, -0.1) is 0 Å². The predicted molar refractivity (Wildman–Crippen MR) is 85.3 cm³/mol. The van der Waals surface area contributed by atoms with Crippen molar-refractivity contribution < 1.29 is 9.47 Å². The summed E-state index contributed by atoms with van der Waals surface area (Å²) >= 11 is 0. The van der Waals surface area contributed by atoms with Crippen LogP contribution in [0.1, 0.15) is 30.5 Å². The number of ether oxygens (including phenoxy) is 2. The summed E-state index contributed by atoms with van der Waals surface area (Å²) in [7, 11) is 0. The van der Waals surface area contributed by atoms with Crippen LogP contribution in [0.15, 0.2) is 12.1 Å². The summed E-state index contributed by atoms with van der Waals surface area (Å²) in [6.07, 6.45) is 1.25. The summed E-state index contributed by atoms with van der Waals surface area (Å²) < 4.78 is 11.1. The first-order valence-corrected chi connectivity index (χ1v) is 8.44. The van der Waals surface area contributed by atoms with Crippen molar-refractivity contribution in [3.63, 3.8) is 0 Å². The Morgan fingerprint density at radius 1 is 1.14 bits per heavy atom. The standard InChI is InChI=1S/C17H25N3O2/c1-2-3-19-4-6-20(7-5-19)15-11-18-10-13-8-16-17(9-14(13)15)22-12-21-16/h8-9,15,18H,2-7,10-12H2,1H3/t15-/m1/s1. The van der Waals surface area contributed by atoms with E-state index in [1.165, 1.54) is 37.2 Å². The highest BCUT2D eigenvalue weighted by atomic mass is 16.7. The second-order valence-corrected chi connectivity index (χ2v) is 6.43. The zero-order chi connectivity index (χ0) is 14.9. The van der Waals surface area contributed by atoms with Gasteiger partial charge in [0.15, 0.2) is 11.5 Å². The Bertz CT molecular complexity index is 541. The van der Waals surface area contributed by atoms with E-state index < -0.39 is 0 Å². The number of nitrogens with zero attached hydrogens (tertiary/aromatic N) is 2. The van der Waals surface area contributed by atoms with Crippen LogP contribution >= 0.6 is 0 Å². The summed E-state index contributed by atoms with van der Waals surface area (Å²) in [5.41, 5.74) is 2.78. The Kier molecular flexibility index (Phi) is 3.94. The fraction of sp³-hybridized carbons (Fsp3) is 0.647. The SMILES string of the molecule is CCCN1CCN([C@@H]2CNCc3cc4c(cc32)OCO4)CC1. The van der Waals surface area contributed by atoms with Crippen LogP contribution in [-0.2, 0) is 6.54 Å². The van der Waals surface area contributed by atoms with Crippen molar-refractivity contribution in [2.24, 2.45) is 0 Å². The molecule has 3 heterocycles. The van der Waals surface area contributed by atoms with E-state index in [4.69, 9.17) is 9.47 Å². The molecule has 3 aliphatic heterocycles. The number of fused-ring (bicyclic) bond motifs is 2. The molecule has 0 spiro atoms. The average Bonchev–Trinajstić information content (AvgIpc) is 3.00. The van der Waals surface area contributed by atoms with E-state index >= 15 is 0 Å². The van der Waals surface area contributed by atoms with Gasteiger partial charge in [-0.05, 0) is 36.2 Å². The minimum absolute atomic E-state index is 0.353. The zero-order valence-corrected chi connectivity index (χ0v) is 13.3. The molecule has 0 radical (unpaired) electrons. The van der Waals surface area contributed by atoms with Gasteiger partial charge in [-0.3, -0.25) is 4.90 Å². The normalized spacial score (nSPS) is 25.2. The van der Waals surface area contributed by atoms with E-state index in [2.05, 4.69) is 34.2 Å². The summed E-state index contributed by atoms with van der Waals surface area (Å²) in [6, 6.07) is 4.83. The summed E-state index contributed by atoms with van der Waals surface area (Å²) in [4.78, 5) is 5.20. The lowest BCUT2D eigenvalue weighted by Gasteiger charge is -2.41. The van der Waals surface area contributed by atoms with Gasteiger partial charge in [0.05, 0.1) is 0 Å². The van der Waals surface area contributed by atoms with Crippen molar-refractivity contribution in [1.29, 1.82) is 0 Å². The smallest absolute Gasteiger partial charge is 0.231 e. The van der Waals surface area contributed by atoms with Gasteiger partial charge < -0.3 is 19.7 Å². The molecule has 0 saturated carbocycles. The van der Waals surface area contributed by atoms with Crippen LogP contribution in [0, 0.1) is 0 Å². The Hall–Kier alpha value is -1.30. The van der Waals surface area contributed by atoms with Crippen molar-refractivity contribution in [2.75, 3.05) is 46.1 Å². The zero-order valence-electron chi connectivity index (χ0n) is 13.3. The molecule has 5 heteroatoms. The van der Waals surface area contributed by atoms with Gasteiger partial charge in [0, 0.05) is 45.3 Å². The maximum absolute atomic E-state index is 5.58. The largest absolute Gasteiger partial charge is 0.454 e. The third-order valence-electron chi connectivity index (χ3n) is 5.03. The Labute approximate surface area is 132 Å². The lowest BCUT2D eigenvalue weighted by molar-refractivity contribution is 0.0917. The molecule has 1 aromatic carbocycles. The number of hydrogen-bond acceptors (Lipinski definition) is 5. The molecule has 0 unspecified atom stereocenters. The minimum atomic E-state index is 0.353. The highest BCUT2D eigenvalue weighted by Gasteiger charge is 2.30. The van der Waals surface area contributed by atoms with Gasteiger partial charge in [0.25, 0.3) is 0 Å². The monoisotopic (exact) mass is 303 g/mol. The molecule has 22 heavy (non-hydrogen) atoms. The van der Waals surface area contributed by atoms with E-state index in [0.29, 0.717) is 12.8 Å². The first-order chi connectivity index (χ1) is 10.8. The number of benzene rings is 1. The molecule has 0 aromatic heterocycles. The molecule has 3 aliphatic rings. The van der Waals surface area contributed by atoms with E-state index in [1.807, 2.05) is 0 Å². The lowest BCUT2D eigenvalue weighted by atomic mass is 9.94. The van der Waals surface area contributed by atoms with E-state index in [1.54, 1.807) is 0 Å². The molecule has 120 valence electrons. The van der Waals surface area contributed by atoms with E-state index in [9.17, 15) is 0 Å². The molecular formula is C17H25N3O2. The van der Waals surface area contributed by atoms with Crippen LogP contribution in [0.5, 0.6) is 11.5 Å². The molecule has 4 rings (SSSR count). The number of hydrogen-bond donors (Lipinski definition) is 1. The van der Waals surface area contributed by atoms with Crippen LogP contribution in [0.3, 0.4) is 0 Å². The van der Waals surface area contributed by atoms with Crippen molar-refractivity contribution >= 4 is 0 Å². The number of piperazine rings is 1. The second kappa shape index (κ2) is 6.07. The van der Waals surface area contributed by atoms with Crippen LogP contribution in [-0.4, -0.2) is 55.9 Å². The van der Waals surface area contributed by atoms with Gasteiger partial charge >= 0.3 is 0 Å². The van der Waals surface area contributed by atoms with Gasteiger partial charge in [-0.25, -0.2) is 0 Å². The van der Waals surface area contributed by atoms with Gasteiger partial charge in [-0.2, -0.15) is 0 Å². The molecule has 1 N–H and O–H groups in total. The van der Waals surface area contributed by atoms with Crippen LogP contribution in [0.25, 0.3) is 0 Å². The topological polar surface area (TPSA) is 37.0 Å². The molecule has 1 saturated heterocycles. The number of nitrogens with one attached hydrogen (secondary N) is 1. The lowest BCUT2D eigenvalue weighted by Crippen LogP contribution is -2.50. The molecule has 0 bridgehead atoms. The second-order valence-electron chi connectivity index (χ2n) is 6.43. The molecule has 1 fully saturated rings. The third-order valence-corrected chi connectivity index (χ3v) is 5.03. The minimum Gasteiger partial charge on any atom is -0.454 e. The number of rotatable bonds is 3. The first-order valence-electron chi connectivity index (χ1n) is 8.44. The quantitative estimate of drug-likeness (QED) is 0.918. The molecule has 5 nitrogen and oxygen atoms in total. The van der Waals surface area contributed by atoms with Gasteiger partial charge in [0.2, 0.25) is 6.79 Å². The van der Waals surface area contributed by atoms with Gasteiger partial charge in [0.1, 0.15) is 0 Å². The first kappa shape index (κ1) is 14.3. The van der Waals surface area contributed by atoms with Crippen molar-refractivity contribution in [3.8, 4) is 11.5 Å². The Morgan fingerprint density at radius 3 is 2.68 bits per heavy atom. The van der Waals surface area contributed by atoms with Crippen LogP contribution < -0.4 is 14.8 Å². The van der Waals surface area contributed by atoms with Crippen LogP contribution in [0.2, 0.25) is 0 Å². The van der Waals surface area contributed by atoms with Gasteiger partial charge in [-0.1, -0.05) is 6.92 Å². The Morgan fingerprint density at radius 2 is 1.91 bits per heavy atom. The summed E-state index contributed by atoms with van der Waals surface area (Å²) in [6.45, 7) is 10.5. The molecular weight excluding hydrogens is 278 g/mol. The summed E-state index contributed by atoms with van der Waals surface area (Å²) in [5, 5.41) is 3.56. The fourth-order valence-electron chi connectivity index (χ4n) is 3.86. The Balaban J connectivity index is 1.53.